The third-order valence-corrected chi connectivity index (χ3v) is 6.73. The van der Waals surface area contributed by atoms with Gasteiger partial charge in [-0.3, -0.25) is 14.2 Å². The van der Waals surface area contributed by atoms with E-state index in [1.165, 1.54) is 18.2 Å². The second kappa shape index (κ2) is 10.7. The van der Waals surface area contributed by atoms with Gasteiger partial charge in [-0.1, -0.05) is 62.4 Å². The molecule has 1 fully saturated rings. The molecule has 2 aromatic carbocycles. The van der Waals surface area contributed by atoms with Crippen LogP contribution in [-0.2, 0) is 16.1 Å². The lowest BCUT2D eigenvalue weighted by atomic mass is 9.91. The van der Waals surface area contributed by atoms with Crippen LogP contribution in [0.3, 0.4) is 0 Å². The van der Waals surface area contributed by atoms with E-state index in [1.54, 1.807) is 28.8 Å². The maximum atomic E-state index is 13.9. The molecule has 3 heterocycles. The number of cyclic esters (lactones) is 1. The molecule has 2 aromatic heterocycles. The molecule has 1 aliphatic rings. The first-order chi connectivity index (χ1) is 18.3. The Bertz CT molecular complexity index is 1560. The van der Waals surface area contributed by atoms with Gasteiger partial charge in [0.05, 0.1) is 24.8 Å². The lowest BCUT2D eigenvalue weighted by molar-refractivity contribution is -0.156. The number of ether oxygens (including phenoxy) is 1. The van der Waals surface area contributed by atoms with Gasteiger partial charge >= 0.3 is 5.97 Å². The van der Waals surface area contributed by atoms with Crippen LogP contribution in [0.25, 0.3) is 28.2 Å². The number of aliphatic hydroxyl groups is 1. The third-order valence-electron chi connectivity index (χ3n) is 6.73. The van der Waals surface area contributed by atoms with E-state index in [0.717, 1.165) is 33.3 Å². The van der Waals surface area contributed by atoms with Crippen LogP contribution in [0.1, 0.15) is 49.4 Å². The molecule has 194 valence electrons. The quantitative estimate of drug-likeness (QED) is 0.347. The van der Waals surface area contributed by atoms with Crippen LogP contribution in [0.15, 0.2) is 77.6 Å². The Hall–Kier alpha value is -4.10. The van der Waals surface area contributed by atoms with Gasteiger partial charge in [-0.15, -0.1) is 0 Å². The molecule has 5 rings (SSSR count). The number of pyridine rings is 2. The number of rotatable bonds is 6. The van der Waals surface area contributed by atoms with Crippen LogP contribution in [-0.4, -0.2) is 32.8 Å². The predicted molar refractivity (Wildman–Crippen MR) is 145 cm³/mol. The fourth-order valence-corrected chi connectivity index (χ4v) is 4.92. The third kappa shape index (κ3) is 5.29. The molecule has 1 N–H and O–H groups in total. The summed E-state index contributed by atoms with van der Waals surface area (Å²) in [5, 5.41) is 10.8. The Balaban J connectivity index is 1.76. The van der Waals surface area contributed by atoms with Crippen LogP contribution in [0.4, 0.5) is 4.39 Å². The smallest absolute Gasteiger partial charge is 0.309 e. The van der Waals surface area contributed by atoms with E-state index < -0.39 is 18.2 Å². The van der Waals surface area contributed by atoms with Gasteiger partial charge in [0.15, 0.2) is 0 Å². The minimum absolute atomic E-state index is 0.0150. The van der Waals surface area contributed by atoms with Crippen LogP contribution >= 0.6 is 0 Å². The molecule has 0 saturated carbocycles. The fraction of sp³-hybridized carbons (Fsp3) is 0.258. The zero-order valence-electron chi connectivity index (χ0n) is 21.3. The second-order valence-electron chi connectivity index (χ2n) is 9.91. The van der Waals surface area contributed by atoms with E-state index in [-0.39, 0.29) is 23.7 Å². The molecule has 1 saturated heterocycles. The first kappa shape index (κ1) is 25.5. The first-order valence-electron chi connectivity index (χ1n) is 12.7. The molecule has 0 radical (unpaired) electrons. The highest BCUT2D eigenvalue weighted by Crippen LogP contribution is 2.36. The van der Waals surface area contributed by atoms with Gasteiger partial charge in [0.1, 0.15) is 17.6 Å². The summed E-state index contributed by atoms with van der Waals surface area (Å²) in [7, 11) is 0. The lowest BCUT2D eigenvalue weighted by Crippen LogP contribution is -2.31. The molecule has 0 spiro atoms. The Morgan fingerprint density at radius 1 is 1.08 bits per heavy atom. The lowest BCUT2D eigenvalue weighted by Gasteiger charge is -2.24. The topological polar surface area (TPSA) is 81.4 Å². The minimum atomic E-state index is -0.755. The average molecular weight is 513 g/mol. The monoisotopic (exact) mass is 512 g/mol. The highest BCUT2D eigenvalue weighted by atomic mass is 19.1. The zero-order valence-corrected chi connectivity index (χ0v) is 21.3. The summed E-state index contributed by atoms with van der Waals surface area (Å²) in [5.74, 6) is -0.807. The van der Waals surface area contributed by atoms with E-state index in [9.17, 15) is 19.1 Å². The molecular formula is C31H29FN2O4. The SMILES string of the molecule is CC(C)c1nc2c(ccc(=O)n2Cc2ccccc2)c(-c2ccc(F)cc2)c1/C=C/C1CC(O)CC(=O)O1. The normalized spacial score (nSPS) is 17.9. The van der Waals surface area contributed by atoms with Crippen molar-refractivity contribution in [3.05, 3.63) is 106 Å². The Morgan fingerprint density at radius 2 is 1.82 bits per heavy atom. The molecule has 0 amide bonds. The van der Waals surface area contributed by atoms with Gasteiger partial charge in [0.25, 0.3) is 5.56 Å². The number of halogens is 1. The van der Waals surface area contributed by atoms with Crippen molar-refractivity contribution in [3.63, 3.8) is 0 Å². The first-order valence-corrected chi connectivity index (χ1v) is 12.7. The predicted octanol–water partition coefficient (Wildman–Crippen LogP) is 5.45. The molecule has 0 aliphatic carbocycles. The summed E-state index contributed by atoms with van der Waals surface area (Å²) in [4.78, 5) is 30.0. The highest BCUT2D eigenvalue weighted by molar-refractivity contribution is 5.98. The average Bonchev–Trinajstić information content (AvgIpc) is 2.89. The summed E-state index contributed by atoms with van der Waals surface area (Å²) in [6, 6.07) is 19.2. The van der Waals surface area contributed by atoms with E-state index in [0.29, 0.717) is 18.6 Å². The number of fused-ring (bicyclic) bond motifs is 1. The Morgan fingerprint density at radius 3 is 2.50 bits per heavy atom. The van der Waals surface area contributed by atoms with Gasteiger partial charge in [-0.05, 0) is 41.3 Å². The number of nitrogens with zero attached hydrogens (tertiary/aromatic N) is 2. The van der Waals surface area contributed by atoms with E-state index in [2.05, 4.69) is 0 Å². The van der Waals surface area contributed by atoms with Crippen molar-refractivity contribution < 1.29 is 19.0 Å². The summed E-state index contributed by atoms with van der Waals surface area (Å²) >= 11 is 0. The summed E-state index contributed by atoms with van der Waals surface area (Å²) in [6.07, 6.45) is 2.59. The fourth-order valence-electron chi connectivity index (χ4n) is 4.92. The molecule has 1 aliphatic heterocycles. The number of hydrogen-bond acceptors (Lipinski definition) is 5. The van der Waals surface area contributed by atoms with Crippen LogP contribution in [0, 0.1) is 5.82 Å². The zero-order chi connectivity index (χ0) is 26.8. The molecule has 0 bridgehead atoms. The van der Waals surface area contributed by atoms with Gasteiger partial charge in [0, 0.05) is 29.0 Å². The van der Waals surface area contributed by atoms with E-state index >= 15 is 0 Å². The number of esters is 1. The van der Waals surface area contributed by atoms with Crippen LogP contribution < -0.4 is 5.56 Å². The number of aliphatic hydroxyl groups excluding tert-OH is 1. The summed E-state index contributed by atoms with van der Waals surface area (Å²) in [6.45, 7) is 4.40. The maximum absolute atomic E-state index is 13.9. The number of aromatic nitrogens is 2. The van der Waals surface area contributed by atoms with Crippen molar-refractivity contribution in [1.82, 2.24) is 9.55 Å². The van der Waals surface area contributed by atoms with Gasteiger partial charge < -0.3 is 9.84 Å². The Kier molecular flexibility index (Phi) is 7.20. The van der Waals surface area contributed by atoms with Crippen molar-refractivity contribution in [2.24, 2.45) is 0 Å². The molecule has 2 atom stereocenters. The molecule has 6 nitrogen and oxygen atoms in total. The van der Waals surface area contributed by atoms with E-state index in [4.69, 9.17) is 9.72 Å². The minimum Gasteiger partial charge on any atom is -0.458 e. The standard InChI is InChI=1S/C31H29FN2O4/c1-19(2)30-25(13-12-24-16-23(35)17-28(37)38-24)29(21-8-10-22(32)11-9-21)26-14-15-27(36)34(31(26)33-30)18-20-6-4-3-5-7-20/h3-15,19,23-24,35H,16-18H2,1-2H3/b13-12+. The number of hydrogen-bond donors (Lipinski definition) is 1. The largest absolute Gasteiger partial charge is 0.458 e. The number of benzene rings is 2. The van der Waals surface area contributed by atoms with Crippen molar-refractivity contribution in [2.75, 3.05) is 0 Å². The molecule has 7 heteroatoms. The Labute approximate surface area is 220 Å². The second-order valence-corrected chi connectivity index (χ2v) is 9.91. The molecule has 4 aromatic rings. The molecule has 38 heavy (non-hydrogen) atoms. The van der Waals surface area contributed by atoms with Gasteiger partial charge in [-0.25, -0.2) is 9.37 Å². The van der Waals surface area contributed by atoms with Crippen LogP contribution in [0.2, 0.25) is 0 Å². The maximum Gasteiger partial charge on any atom is 0.309 e. The number of carbonyl (C=O) groups is 1. The summed E-state index contributed by atoms with van der Waals surface area (Å²) in [5.41, 5.74) is 4.47. The van der Waals surface area contributed by atoms with Gasteiger partial charge in [-0.2, -0.15) is 0 Å². The summed E-state index contributed by atoms with van der Waals surface area (Å²) < 4.78 is 21.0. The van der Waals surface area contributed by atoms with Crippen molar-refractivity contribution in [2.45, 2.75) is 51.4 Å². The number of carbonyl (C=O) groups excluding carboxylic acids is 1. The van der Waals surface area contributed by atoms with Crippen LogP contribution in [0.5, 0.6) is 0 Å². The van der Waals surface area contributed by atoms with E-state index in [1.807, 2.05) is 50.3 Å². The van der Waals surface area contributed by atoms with Crippen molar-refractivity contribution in [3.8, 4) is 11.1 Å². The van der Waals surface area contributed by atoms with Crippen molar-refractivity contribution in [1.29, 1.82) is 0 Å². The highest BCUT2D eigenvalue weighted by Gasteiger charge is 2.26. The molecule has 2 unspecified atom stereocenters. The van der Waals surface area contributed by atoms with Crippen molar-refractivity contribution >= 4 is 23.1 Å². The molecular weight excluding hydrogens is 483 g/mol. The van der Waals surface area contributed by atoms with Gasteiger partial charge in [0.2, 0.25) is 0 Å².